The number of carbonyl (C=O) groups excluding carboxylic acids is 4. The average Bonchev–Trinajstić information content (AvgIpc) is 3.26. The SMILES string of the molecule is CC(=O)O[C@H]1CO[C@@H](COC(=O)C(C)C)O1.CC(C)C(=O)OC[C@@H]1OCC(=O)O1. The molecular weight excluding hydrogens is 392 g/mol. The van der Waals surface area contributed by atoms with E-state index in [9.17, 15) is 19.2 Å². The largest absolute Gasteiger partial charge is 0.460 e. The van der Waals surface area contributed by atoms with E-state index < -0.39 is 30.8 Å². The van der Waals surface area contributed by atoms with Crippen molar-refractivity contribution >= 4 is 23.9 Å². The van der Waals surface area contributed by atoms with Gasteiger partial charge >= 0.3 is 23.9 Å². The monoisotopic (exact) mass is 420 g/mol. The number of esters is 4. The van der Waals surface area contributed by atoms with Crippen molar-refractivity contribution in [3.05, 3.63) is 0 Å². The summed E-state index contributed by atoms with van der Waals surface area (Å²) in [6, 6.07) is 0. The summed E-state index contributed by atoms with van der Waals surface area (Å²) in [6.07, 6.45) is -2.09. The molecule has 29 heavy (non-hydrogen) atoms. The molecule has 2 saturated heterocycles. The van der Waals surface area contributed by atoms with Gasteiger partial charge in [0.25, 0.3) is 0 Å². The van der Waals surface area contributed by atoms with Crippen LogP contribution in [0.25, 0.3) is 0 Å². The van der Waals surface area contributed by atoms with Gasteiger partial charge in [0, 0.05) is 6.92 Å². The first-order valence-corrected chi connectivity index (χ1v) is 9.17. The maximum absolute atomic E-state index is 11.1. The van der Waals surface area contributed by atoms with Gasteiger partial charge in [0.2, 0.25) is 12.6 Å². The van der Waals surface area contributed by atoms with Crippen LogP contribution in [0, 0.1) is 11.8 Å². The van der Waals surface area contributed by atoms with E-state index in [1.807, 2.05) is 0 Å². The van der Waals surface area contributed by atoms with Gasteiger partial charge in [-0.2, -0.15) is 0 Å². The third-order valence-corrected chi connectivity index (χ3v) is 3.34. The maximum Gasteiger partial charge on any atom is 0.334 e. The van der Waals surface area contributed by atoms with Gasteiger partial charge in [-0.25, -0.2) is 4.79 Å². The zero-order valence-electron chi connectivity index (χ0n) is 17.2. The fourth-order valence-electron chi connectivity index (χ4n) is 1.86. The Bertz CT molecular complexity index is 572. The van der Waals surface area contributed by atoms with E-state index in [0.29, 0.717) is 0 Å². The van der Waals surface area contributed by atoms with Crippen LogP contribution in [0.3, 0.4) is 0 Å². The summed E-state index contributed by atoms with van der Waals surface area (Å²) in [5.74, 6) is -1.88. The van der Waals surface area contributed by atoms with Gasteiger partial charge in [-0.1, -0.05) is 27.7 Å². The molecule has 0 bridgehead atoms. The number of ether oxygens (including phenoxy) is 7. The second-order valence-corrected chi connectivity index (χ2v) is 6.74. The average molecular weight is 420 g/mol. The second kappa shape index (κ2) is 12.3. The lowest BCUT2D eigenvalue weighted by Gasteiger charge is -2.12. The van der Waals surface area contributed by atoms with Crippen molar-refractivity contribution in [3.63, 3.8) is 0 Å². The van der Waals surface area contributed by atoms with Gasteiger partial charge in [0.05, 0.1) is 11.8 Å². The summed E-state index contributed by atoms with van der Waals surface area (Å²) in [5.41, 5.74) is 0. The Morgan fingerprint density at radius 1 is 0.966 bits per heavy atom. The van der Waals surface area contributed by atoms with E-state index in [-0.39, 0.29) is 50.2 Å². The van der Waals surface area contributed by atoms with Gasteiger partial charge < -0.3 is 33.2 Å². The molecule has 0 radical (unpaired) electrons. The molecule has 0 unspecified atom stereocenters. The van der Waals surface area contributed by atoms with E-state index in [1.54, 1.807) is 27.7 Å². The molecule has 0 saturated carbocycles. The lowest BCUT2D eigenvalue weighted by Crippen LogP contribution is -2.24. The van der Waals surface area contributed by atoms with Crippen molar-refractivity contribution in [3.8, 4) is 0 Å². The number of rotatable bonds is 7. The van der Waals surface area contributed by atoms with Gasteiger partial charge in [-0.3, -0.25) is 14.4 Å². The lowest BCUT2D eigenvalue weighted by molar-refractivity contribution is -0.184. The molecule has 0 N–H and O–H groups in total. The van der Waals surface area contributed by atoms with Gasteiger partial charge in [0.15, 0.2) is 12.9 Å². The Morgan fingerprint density at radius 2 is 1.52 bits per heavy atom. The summed E-state index contributed by atoms with van der Waals surface area (Å²) in [6.45, 7) is 8.29. The van der Waals surface area contributed by atoms with Crippen LogP contribution in [-0.4, -0.2) is 69.2 Å². The second-order valence-electron chi connectivity index (χ2n) is 6.74. The van der Waals surface area contributed by atoms with E-state index in [4.69, 9.17) is 28.4 Å². The van der Waals surface area contributed by atoms with Crippen molar-refractivity contribution in [1.29, 1.82) is 0 Å². The van der Waals surface area contributed by atoms with Gasteiger partial charge in [0.1, 0.15) is 19.8 Å². The molecule has 2 rings (SSSR count). The molecule has 0 amide bonds. The highest BCUT2D eigenvalue weighted by atomic mass is 16.8. The highest BCUT2D eigenvalue weighted by Crippen LogP contribution is 2.13. The fraction of sp³-hybridized carbons (Fsp3) is 0.778. The molecule has 166 valence electrons. The van der Waals surface area contributed by atoms with Crippen LogP contribution in [0.1, 0.15) is 34.6 Å². The zero-order valence-corrected chi connectivity index (χ0v) is 17.2. The summed E-state index contributed by atoms with van der Waals surface area (Å²) in [7, 11) is 0. The molecular formula is C18H28O11. The summed E-state index contributed by atoms with van der Waals surface area (Å²) < 4.78 is 34.3. The van der Waals surface area contributed by atoms with Crippen molar-refractivity contribution in [2.24, 2.45) is 11.8 Å². The summed E-state index contributed by atoms with van der Waals surface area (Å²) in [5, 5.41) is 0. The predicted octanol–water partition coefficient (Wildman–Crippen LogP) is 0.533. The Kier molecular flexibility index (Phi) is 10.6. The Hall–Kier alpha value is -2.24. The molecule has 11 heteroatoms. The minimum atomic E-state index is -0.727. The molecule has 0 aromatic carbocycles. The zero-order chi connectivity index (χ0) is 22.0. The van der Waals surface area contributed by atoms with E-state index in [1.165, 1.54) is 6.92 Å². The van der Waals surface area contributed by atoms with Crippen molar-refractivity contribution in [2.75, 3.05) is 26.4 Å². The van der Waals surface area contributed by atoms with E-state index in [2.05, 4.69) is 4.74 Å². The standard InChI is InChI=1S/C10H16O6.C8H12O5/c1-6(2)10(12)14-4-8-13-5-9(16-8)15-7(3)11;1-5(2)8(10)12-4-7-11-3-6(9)13-7/h6,8-9H,4-5H2,1-3H3;5,7H,3-4H2,1-2H3/t8-,9-;7-/m11/s1. The van der Waals surface area contributed by atoms with Crippen LogP contribution < -0.4 is 0 Å². The van der Waals surface area contributed by atoms with Gasteiger partial charge in [-0.15, -0.1) is 0 Å². The fourth-order valence-corrected chi connectivity index (χ4v) is 1.86. The third-order valence-electron chi connectivity index (χ3n) is 3.34. The first-order valence-electron chi connectivity index (χ1n) is 9.17. The number of cyclic esters (lactones) is 1. The smallest absolute Gasteiger partial charge is 0.334 e. The van der Waals surface area contributed by atoms with Crippen LogP contribution in [0.4, 0.5) is 0 Å². The molecule has 2 fully saturated rings. The first kappa shape index (κ1) is 24.8. The van der Waals surface area contributed by atoms with Crippen LogP contribution >= 0.6 is 0 Å². The molecule has 2 aliphatic rings. The number of hydrogen-bond donors (Lipinski definition) is 0. The molecule has 0 aromatic rings. The molecule has 0 spiro atoms. The van der Waals surface area contributed by atoms with Crippen molar-refractivity contribution in [1.82, 2.24) is 0 Å². The molecule has 2 aliphatic heterocycles. The van der Waals surface area contributed by atoms with E-state index in [0.717, 1.165) is 0 Å². The topological polar surface area (TPSA) is 133 Å². The highest BCUT2D eigenvalue weighted by molar-refractivity contribution is 5.73. The van der Waals surface area contributed by atoms with Crippen LogP contribution in [0.15, 0.2) is 0 Å². The predicted molar refractivity (Wildman–Crippen MR) is 93.8 cm³/mol. The summed E-state index contributed by atoms with van der Waals surface area (Å²) >= 11 is 0. The van der Waals surface area contributed by atoms with Crippen LogP contribution in [0.5, 0.6) is 0 Å². The maximum atomic E-state index is 11.1. The highest BCUT2D eigenvalue weighted by Gasteiger charge is 2.29. The van der Waals surface area contributed by atoms with Crippen LogP contribution in [-0.2, 0) is 52.3 Å². The molecule has 11 nitrogen and oxygen atoms in total. The number of carbonyl (C=O) groups is 4. The third kappa shape index (κ3) is 10.2. The molecule has 0 aromatic heterocycles. The Morgan fingerprint density at radius 3 is 1.97 bits per heavy atom. The van der Waals surface area contributed by atoms with Gasteiger partial charge in [-0.05, 0) is 0 Å². The normalized spacial score (nSPS) is 23.3. The van der Waals surface area contributed by atoms with E-state index >= 15 is 0 Å². The molecule has 2 heterocycles. The summed E-state index contributed by atoms with van der Waals surface area (Å²) in [4.78, 5) is 43.3. The number of hydrogen-bond acceptors (Lipinski definition) is 11. The van der Waals surface area contributed by atoms with Crippen LogP contribution in [0.2, 0.25) is 0 Å². The lowest BCUT2D eigenvalue weighted by atomic mass is 10.2. The molecule has 3 atom stereocenters. The first-order chi connectivity index (χ1) is 13.6. The Balaban J connectivity index is 0.000000296. The molecule has 0 aliphatic carbocycles. The van der Waals surface area contributed by atoms with Crippen molar-refractivity contribution in [2.45, 2.75) is 53.5 Å². The minimum Gasteiger partial charge on any atom is -0.460 e. The van der Waals surface area contributed by atoms with Crippen molar-refractivity contribution < 1.29 is 52.3 Å². The minimum absolute atomic E-state index is 0.00871. The quantitative estimate of drug-likeness (QED) is 0.422. The Labute approximate surface area is 168 Å².